The predicted octanol–water partition coefficient (Wildman–Crippen LogP) is 16.6. The van der Waals surface area contributed by atoms with Crippen LogP contribution in [0.3, 0.4) is 0 Å². The van der Waals surface area contributed by atoms with Gasteiger partial charge in [0.15, 0.2) is 6.10 Å². The second-order valence-electron chi connectivity index (χ2n) is 16.7. The van der Waals surface area contributed by atoms with E-state index in [0.717, 1.165) is 103 Å². The monoisotopic (exact) mass is 851 g/mol. The van der Waals surface area contributed by atoms with E-state index in [-0.39, 0.29) is 31.1 Å². The van der Waals surface area contributed by atoms with Crippen molar-refractivity contribution in [1.29, 1.82) is 0 Å². The SMILES string of the molecule is CC/C=C\C/C=C\C/C=C\CCCCCCCCC(=O)OCC(COC(=O)CCCC/C=C\C/C=C\C/C=C\CC)OC(=O)CCCCCCCCCCCCCCCCC. The van der Waals surface area contributed by atoms with Crippen LogP contribution < -0.4 is 0 Å². The standard InChI is InChI=1S/C55H94O6/c1-4-7-10-13-16-19-22-25-27-29-30-33-36-39-42-45-48-54(57)60-51-52(50-59-53(56)47-44-41-38-35-32-24-21-18-15-12-9-6-3)61-55(58)49-46-43-40-37-34-31-28-26-23-20-17-14-11-8-5-2/h7,9-10,12,16,18-19,21,25,27,32,35,52H,4-6,8,11,13-15,17,20,22-24,26,28-31,33-34,36-51H2,1-3H3/b10-7-,12-9-,19-16-,21-18-,27-25-,35-32-. The van der Waals surface area contributed by atoms with Gasteiger partial charge in [0.25, 0.3) is 0 Å². The van der Waals surface area contributed by atoms with E-state index in [2.05, 4.69) is 93.7 Å². The summed E-state index contributed by atoms with van der Waals surface area (Å²) in [5, 5.41) is 0. The number of ether oxygens (including phenoxy) is 3. The van der Waals surface area contributed by atoms with Crippen molar-refractivity contribution in [3.8, 4) is 0 Å². The fraction of sp³-hybridized carbons (Fsp3) is 0.727. The number of unbranched alkanes of at least 4 members (excludes halogenated alkanes) is 22. The van der Waals surface area contributed by atoms with Gasteiger partial charge in [0, 0.05) is 19.3 Å². The van der Waals surface area contributed by atoms with E-state index in [1.165, 1.54) is 96.3 Å². The molecule has 350 valence electrons. The summed E-state index contributed by atoms with van der Waals surface area (Å²) in [5.74, 6) is -0.943. The molecule has 0 aliphatic carbocycles. The third-order valence-electron chi connectivity index (χ3n) is 10.7. The molecule has 0 aliphatic rings. The Bertz CT molecular complexity index is 1160. The molecule has 0 N–H and O–H groups in total. The van der Waals surface area contributed by atoms with Crippen LogP contribution in [0.5, 0.6) is 0 Å². The smallest absolute Gasteiger partial charge is 0.306 e. The summed E-state index contributed by atoms with van der Waals surface area (Å²) >= 11 is 0. The first-order valence-electron chi connectivity index (χ1n) is 25.4. The van der Waals surface area contributed by atoms with Crippen LogP contribution in [0.25, 0.3) is 0 Å². The highest BCUT2D eigenvalue weighted by molar-refractivity contribution is 5.71. The Labute approximate surface area is 376 Å². The van der Waals surface area contributed by atoms with Gasteiger partial charge in [-0.1, -0.05) is 209 Å². The van der Waals surface area contributed by atoms with Crippen LogP contribution in [-0.4, -0.2) is 37.2 Å². The van der Waals surface area contributed by atoms with Gasteiger partial charge in [-0.3, -0.25) is 14.4 Å². The molecule has 0 saturated carbocycles. The fourth-order valence-corrected chi connectivity index (χ4v) is 6.94. The van der Waals surface area contributed by atoms with Crippen molar-refractivity contribution >= 4 is 17.9 Å². The Hall–Kier alpha value is -3.15. The van der Waals surface area contributed by atoms with Crippen LogP contribution in [0.15, 0.2) is 72.9 Å². The van der Waals surface area contributed by atoms with Crippen LogP contribution in [0, 0.1) is 0 Å². The molecular formula is C55H94O6. The van der Waals surface area contributed by atoms with E-state index in [1.54, 1.807) is 0 Å². The number of allylic oxidation sites excluding steroid dienone is 12. The molecule has 6 nitrogen and oxygen atoms in total. The molecular weight excluding hydrogens is 757 g/mol. The minimum atomic E-state index is -0.793. The zero-order valence-corrected chi connectivity index (χ0v) is 39.9. The Morgan fingerprint density at radius 3 is 1.03 bits per heavy atom. The topological polar surface area (TPSA) is 78.9 Å². The summed E-state index contributed by atoms with van der Waals surface area (Å²) in [4.78, 5) is 37.9. The van der Waals surface area contributed by atoms with E-state index in [1.807, 2.05) is 0 Å². The van der Waals surface area contributed by atoms with E-state index >= 15 is 0 Å². The Morgan fingerprint density at radius 1 is 0.344 bits per heavy atom. The fourth-order valence-electron chi connectivity index (χ4n) is 6.94. The van der Waals surface area contributed by atoms with Gasteiger partial charge >= 0.3 is 17.9 Å². The minimum Gasteiger partial charge on any atom is -0.462 e. The van der Waals surface area contributed by atoms with Gasteiger partial charge in [0.1, 0.15) is 13.2 Å². The molecule has 0 radical (unpaired) electrons. The first-order chi connectivity index (χ1) is 30.0. The number of esters is 3. The Morgan fingerprint density at radius 2 is 0.639 bits per heavy atom. The third kappa shape index (κ3) is 47.7. The Balaban J connectivity index is 4.42. The highest BCUT2D eigenvalue weighted by atomic mass is 16.6. The molecule has 6 heteroatoms. The second-order valence-corrected chi connectivity index (χ2v) is 16.7. The molecule has 0 heterocycles. The Kier molecular flexibility index (Phi) is 46.9. The zero-order valence-electron chi connectivity index (χ0n) is 39.9. The van der Waals surface area contributed by atoms with Gasteiger partial charge in [-0.25, -0.2) is 0 Å². The van der Waals surface area contributed by atoms with Gasteiger partial charge in [-0.15, -0.1) is 0 Å². The second kappa shape index (κ2) is 49.5. The normalized spacial score (nSPS) is 12.6. The van der Waals surface area contributed by atoms with E-state index < -0.39 is 6.10 Å². The molecule has 1 unspecified atom stereocenters. The molecule has 0 aromatic heterocycles. The summed E-state index contributed by atoms with van der Waals surface area (Å²) in [6.45, 7) is 6.37. The van der Waals surface area contributed by atoms with Crippen molar-refractivity contribution in [3.63, 3.8) is 0 Å². The molecule has 0 aromatic rings. The molecule has 0 fully saturated rings. The molecule has 0 bridgehead atoms. The van der Waals surface area contributed by atoms with E-state index in [4.69, 9.17) is 14.2 Å². The lowest BCUT2D eigenvalue weighted by molar-refractivity contribution is -0.167. The molecule has 0 amide bonds. The maximum absolute atomic E-state index is 12.8. The third-order valence-corrected chi connectivity index (χ3v) is 10.7. The summed E-state index contributed by atoms with van der Waals surface area (Å²) in [6, 6.07) is 0. The maximum Gasteiger partial charge on any atom is 0.306 e. The number of carbonyl (C=O) groups excluding carboxylic acids is 3. The van der Waals surface area contributed by atoms with Crippen LogP contribution in [0.1, 0.15) is 239 Å². The first-order valence-corrected chi connectivity index (χ1v) is 25.4. The van der Waals surface area contributed by atoms with Gasteiger partial charge in [0.2, 0.25) is 0 Å². The zero-order chi connectivity index (χ0) is 44.4. The van der Waals surface area contributed by atoms with Crippen LogP contribution in [0.4, 0.5) is 0 Å². The molecule has 61 heavy (non-hydrogen) atoms. The molecule has 1 atom stereocenters. The lowest BCUT2D eigenvalue weighted by Gasteiger charge is -2.18. The average Bonchev–Trinajstić information content (AvgIpc) is 3.26. The van der Waals surface area contributed by atoms with Crippen LogP contribution >= 0.6 is 0 Å². The summed E-state index contributed by atoms with van der Waals surface area (Å²) in [7, 11) is 0. The predicted molar refractivity (Wildman–Crippen MR) is 261 cm³/mol. The maximum atomic E-state index is 12.8. The lowest BCUT2D eigenvalue weighted by atomic mass is 10.0. The number of hydrogen-bond acceptors (Lipinski definition) is 6. The largest absolute Gasteiger partial charge is 0.462 e. The summed E-state index contributed by atoms with van der Waals surface area (Å²) in [5.41, 5.74) is 0. The van der Waals surface area contributed by atoms with Gasteiger partial charge in [-0.05, 0) is 83.5 Å². The van der Waals surface area contributed by atoms with E-state index in [0.29, 0.717) is 19.3 Å². The highest BCUT2D eigenvalue weighted by Gasteiger charge is 2.19. The number of rotatable bonds is 45. The van der Waals surface area contributed by atoms with Crippen molar-refractivity contribution in [1.82, 2.24) is 0 Å². The highest BCUT2D eigenvalue weighted by Crippen LogP contribution is 2.15. The molecule has 0 saturated heterocycles. The van der Waals surface area contributed by atoms with Crippen LogP contribution in [0.2, 0.25) is 0 Å². The van der Waals surface area contributed by atoms with E-state index in [9.17, 15) is 14.4 Å². The lowest BCUT2D eigenvalue weighted by Crippen LogP contribution is -2.30. The molecule has 0 aliphatic heterocycles. The van der Waals surface area contributed by atoms with Crippen molar-refractivity contribution in [2.24, 2.45) is 0 Å². The summed E-state index contributed by atoms with van der Waals surface area (Å²) in [6.07, 6.45) is 61.7. The quantitative estimate of drug-likeness (QED) is 0.0263. The van der Waals surface area contributed by atoms with Gasteiger partial charge < -0.3 is 14.2 Å². The minimum absolute atomic E-state index is 0.0932. The van der Waals surface area contributed by atoms with Crippen LogP contribution in [-0.2, 0) is 28.6 Å². The summed E-state index contributed by atoms with van der Waals surface area (Å²) < 4.78 is 16.7. The van der Waals surface area contributed by atoms with Gasteiger partial charge in [-0.2, -0.15) is 0 Å². The first kappa shape index (κ1) is 57.9. The van der Waals surface area contributed by atoms with Crippen molar-refractivity contribution in [2.75, 3.05) is 13.2 Å². The van der Waals surface area contributed by atoms with Crippen molar-refractivity contribution in [3.05, 3.63) is 72.9 Å². The van der Waals surface area contributed by atoms with Crippen molar-refractivity contribution in [2.45, 2.75) is 245 Å². The molecule has 0 aromatic carbocycles. The average molecular weight is 851 g/mol. The molecule has 0 spiro atoms. The number of carbonyl (C=O) groups is 3. The van der Waals surface area contributed by atoms with Gasteiger partial charge in [0.05, 0.1) is 0 Å². The number of hydrogen-bond donors (Lipinski definition) is 0. The molecule has 0 rings (SSSR count). The van der Waals surface area contributed by atoms with Crippen molar-refractivity contribution < 1.29 is 28.6 Å².